The first-order valence-corrected chi connectivity index (χ1v) is 26.1. The van der Waals surface area contributed by atoms with E-state index in [1.54, 1.807) is 0 Å². The maximum absolute atomic E-state index is 2.66. The van der Waals surface area contributed by atoms with Gasteiger partial charge in [-0.15, -0.1) is 0 Å². The molecule has 1 saturated heterocycles. The topological polar surface area (TPSA) is 25.9 Å². The Hall–Kier alpha value is -8.88. The second kappa shape index (κ2) is 20.0. The van der Waals surface area contributed by atoms with Gasteiger partial charge in [-0.1, -0.05) is 243 Å². The van der Waals surface area contributed by atoms with E-state index in [2.05, 4.69) is 282 Å². The largest absolute Gasteiger partial charge is 0.350 e. The first-order chi connectivity index (χ1) is 36.7. The molecule has 8 aromatic rings. The van der Waals surface area contributed by atoms with Gasteiger partial charge < -0.3 is 39.2 Å². The average molecular weight is 965 g/mol. The molecule has 13 rings (SSSR count). The van der Waals surface area contributed by atoms with Crippen molar-refractivity contribution in [1.29, 1.82) is 0 Å². The highest BCUT2D eigenvalue weighted by Crippen LogP contribution is 2.46. The second-order valence-corrected chi connectivity index (χ2v) is 19.8. The van der Waals surface area contributed by atoms with E-state index in [0.717, 1.165) is 52.9 Å². The first-order valence-electron chi connectivity index (χ1n) is 26.1. The normalized spacial score (nSPS) is 17.3. The Labute approximate surface area is 436 Å². The molecule has 5 aliphatic rings. The molecule has 8 nitrogen and oxygen atoms in total. The zero-order valence-corrected chi connectivity index (χ0v) is 41.7. The van der Waals surface area contributed by atoms with Crippen molar-refractivity contribution in [3.8, 4) is 0 Å². The summed E-state index contributed by atoms with van der Waals surface area (Å²) in [7, 11) is 0. The van der Waals surface area contributed by atoms with Gasteiger partial charge in [0.15, 0.2) is 0 Å². The molecule has 0 aliphatic carbocycles. The second-order valence-electron chi connectivity index (χ2n) is 19.8. The summed E-state index contributed by atoms with van der Waals surface area (Å²) in [6.07, 6.45) is 0. The van der Waals surface area contributed by atoms with Crippen LogP contribution in [0.2, 0.25) is 0 Å². The standard InChI is InChI=1S/C66H60N8/c1-9-25-51(26-10-1)59-63(55-33-17-5-18-34-55)71-45-67(59)41-42-68-46-73(65(57-37-21-7-22-38-57)60(68)52-27-11-2-12-28-52)50-74-48-70(62(54-31-15-4-16-32-54)66(74)58-39-23-8-24-40-58)44-43-69-47-72(49-71)64(56-35-19-6-20-36-56)61(69)53-29-13-3-14-30-53/h1-40H,41-50H2. The highest BCUT2D eigenvalue weighted by Gasteiger charge is 2.40. The van der Waals surface area contributed by atoms with Crippen molar-refractivity contribution >= 4 is 45.6 Å². The molecule has 8 heteroatoms. The lowest BCUT2D eigenvalue weighted by molar-refractivity contribution is 0.148. The first kappa shape index (κ1) is 45.0. The fraction of sp³-hybridized carbons (Fsp3) is 0.152. The maximum atomic E-state index is 2.66. The van der Waals surface area contributed by atoms with E-state index in [0.29, 0.717) is 13.3 Å². The predicted octanol–water partition coefficient (Wildman–Crippen LogP) is 12.3. The van der Waals surface area contributed by atoms with Crippen LogP contribution in [0.15, 0.2) is 243 Å². The summed E-state index contributed by atoms with van der Waals surface area (Å²) >= 11 is 0. The van der Waals surface area contributed by atoms with Gasteiger partial charge in [0, 0.05) is 48.4 Å². The van der Waals surface area contributed by atoms with E-state index < -0.39 is 0 Å². The molecule has 0 spiro atoms. The number of hydrogen-bond donors (Lipinski definition) is 0. The third-order valence-corrected chi connectivity index (χ3v) is 15.1. The molecule has 74 heavy (non-hydrogen) atoms. The van der Waals surface area contributed by atoms with Gasteiger partial charge in [0.05, 0.1) is 85.6 Å². The van der Waals surface area contributed by atoms with Crippen LogP contribution < -0.4 is 0 Å². The van der Waals surface area contributed by atoms with E-state index in [1.165, 1.54) is 90.1 Å². The van der Waals surface area contributed by atoms with Crippen LogP contribution in [0.25, 0.3) is 45.6 Å². The summed E-state index contributed by atoms with van der Waals surface area (Å²) in [5.41, 5.74) is 19.9. The molecule has 1 fully saturated rings. The minimum atomic E-state index is 0.698. The van der Waals surface area contributed by atoms with Crippen LogP contribution in [-0.4, -0.2) is 105 Å². The molecule has 364 valence electrons. The molecule has 8 bridgehead atoms. The molecule has 0 amide bonds. The number of benzene rings is 8. The number of hydrogen-bond acceptors (Lipinski definition) is 8. The number of nitrogens with zero attached hydrogens (tertiary/aromatic N) is 8. The SMILES string of the molecule is c1ccc(C2=C(c3ccccc3)N3CN2CCN2CN(CN4CN(CCN5CN(C3)C(c3ccccc3)=C5c3ccccc3)C(c3ccccc3)=C4c3ccccc3)C(c3ccccc3)=C2c2ccccc2)cc1. The molecule has 5 aliphatic heterocycles. The van der Waals surface area contributed by atoms with Gasteiger partial charge in [0.1, 0.15) is 0 Å². The molecular formula is C66H60N8. The molecule has 0 radical (unpaired) electrons. The van der Waals surface area contributed by atoms with E-state index in [-0.39, 0.29) is 0 Å². The van der Waals surface area contributed by atoms with E-state index in [4.69, 9.17) is 0 Å². The summed E-state index contributed by atoms with van der Waals surface area (Å²) < 4.78 is 0. The monoisotopic (exact) mass is 964 g/mol. The summed E-state index contributed by atoms with van der Waals surface area (Å²) in [4.78, 5) is 21.2. The number of rotatable bonds is 8. The van der Waals surface area contributed by atoms with Crippen LogP contribution in [-0.2, 0) is 0 Å². The summed E-state index contributed by atoms with van der Waals surface area (Å²) in [5, 5.41) is 0. The quantitative estimate of drug-likeness (QED) is 0.149. The zero-order valence-electron chi connectivity index (χ0n) is 41.7. The van der Waals surface area contributed by atoms with Crippen molar-refractivity contribution < 1.29 is 0 Å². The third kappa shape index (κ3) is 8.52. The summed E-state index contributed by atoms with van der Waals surface area (Å²) in [5.74, 6) is 0. The van der Waals surface area contributed by atoms with Crippen LogP contribution >= 0.6 is 0 Å². The molecule has 0 atom stereocenters. The Balaban J connectivity index is 1.02. The minimum absolute atomic E-state index is 0.698. The smallest absolute Gasteiger partial charge is 0.0939 e. The van der Waals surface area contributed by atoms with E-state index in [1.807, 2.05) is 0 Å². The Morgan fingerprint density at radius 1 is 0.149 bits per heavy atom. The molecule has 0 saturated carbocycles. The van der Waals surface area contributed by atoms with Gasteiger partial charge in [0.2, 0.25) is 0 Å². The van der Waals surface area contributed by atoms with Crippen molar-refractivity contribution in [1.82, 2.24) is 39.2 Å². The Kier molecular flexibility index (Phi) is 12.1. The maximum Gasteiger partial charge on any atom is 0.0939 e. The summed E-state index contributed by atoms with van der Waals surface area (Å²) in [6, 6.07) is 88.9. The fourth-order valence-electron chi connectivity index (χ4n) is 12.0. The lowest BCUT2D eigenvalue weighted by Gasteiger charge is -2.34. The number of fused-ring (bicyclic) bond motifs is 8. The van der Waals surface area contributed by atoms with Gasteiger partial charge in [-0.05, 0) is 22.3 Å². The van der Waals surface area contributed by atoms with E-state index in [9.17, 15) is 0 Å². The van der Waals surface area contributed by atoms with Crippen molar-refractivity contribution in [3.05, 3.63) is 287 Å². The van der Waals surface area contributed by atoms with Crippen LogP contribution in [0.4, 0.5) is 0 Å². The fourth-order valence-corrected chi connectivity index (χ4v) is 12.0. The molecule has 0 aromatic heterocycles. The average Bonchev–Trinajstić information content (AvgIpc) is 4.24. The van der Waals surface area contributed by atoms with Gasteiger partial charge in [-0.25, -0.2) is 0 Å². The summed E-state index contributed by atoms with van der Waals surface area (Å²) in [6.45, 7) is 7.64. The molecule has 8 aromatic carbocycles. The third-order valence-electron chi connectivity index (χ3n) is 15.1. The van der Waals surface area contributed by atoms with Crippen molar-refractivity contribution in [3.63, 3.8) is 0 Å². The highest BCUT2D eigenvalue weighted by atomic mass is 15.5. The Morgan fingerprint density at radius 3 is 0.419 bits per heavy atom. The van der Waals surface area contributed by atoms with Crippen LogP contribution in [0.5, 0.6) is 0 Å². The molecule has 5 heterocycles. The lowest BCUT2D eigenvalue weighted by atomic mass is 10.0. The van der Waals surface area contributed by atoms with Gasteiger partial charge in [-0.3, -0.25) is 0 Å². The van der Waals surface area contributed by atoms with Crippen molar-refractivity contribution in [2.75, 3.05) is 66.2 Å². The van der Waals surface area contributed by atoms with Crippen LogP contribution in [0.1, 0.15) is 44.5 Å². The lowest BCUT2D eigenvalue weighted by Crippen LogP contribution is -2.43. The van der Waals surface area contributed by atoms with Gasteiger partial charge in [0.25, 0.3) is 0 Å². The molecular weight excluding hydrogens is 905 g/mol. The van der Waals surface area contributed by atoms with Gasteiger partial charge in [-0.2, -0.15) is 0 Å². The highest BCUT2D eigenvalue weighted by molar-refractivity contribution is 5.95. The molecule has 0 unspecified atom stereocenters. The van der Waals surface area contributed by atoms with E-state index >= 15 is 0 Å². The predicted molar refractivity (Wildman–Crippen MR) is 302 cm³/mol. The Morgan fingerprint density at radius 2 is 0.270 bits per heavy atom. The van der Waals surface area contributed by atoms with Crippen molar-refractivity contribution in [2.45, 2.75) is 0 Å². The Bertz CT molecular complexity index is 2890. The van der Waals surface area contributed by atoms with Gasteiger partial charge >= 0.3 is 0 Å². The van der Waals surface area contributed by atoms with Crippen LogP contribution in [0.3, 0.4) is 0 Å². The van der Waals surface area contributed by atoms with Crippen molar-refractivity contribution in [2.24, 2.45) is 0 Å². The molecule has 0 N–H and O–H groups in total. The minimum Gasteiger partial charge on any atom is -0.350 e. The zero-order chi connectivity index (χ0) is 49.2. The van der Waals surface area contributed by atoms with Crippen LogP contribution in [0, 0.1) is 0 Å².